The predicted octanol–water partition coefficient (Wildman–Crippen LogP) is 3.64. The maximum atomic E-state index is 11.3. The summed E-state index contributed by atoms with van der Waals surface area (Å²) in [5, 5.41) is 36.1. The number of pyridine rings is 2. The van der Waals surface area contributed by atoms with Gasteiger partial charge in [-0.2, -0.15) is 9.97 Å². The van der Waals surface area contributed by atoms with Gasteiger partial charge >= 0.3 is 17.3 Å². The summed E-state index contributed by atoms with van der Waals surface area (Å²) >= 11 is 0. The van der Waals surface area contributed by atoms with Crippen molar-refractivity contribution in [2.45, 2.75) is 19.1 Å². The highest BCUT2D eigenvalue weighted by molar-refractivity contribution is 5.57. The third-order valence-electron chi connectivity index (χ3n) is 4.75. The molecule has 13 heteroatoms. The SMILES string of the molecule is COc1ccc([N+](=O)[O-])c(NC(C)C(O)c2ccc(Oc3nc(OC)ccc3[N+](=O)[O-])cc2)n1. The van der Waals surface area contributed by atoms with E-state index >= 15 is 0 Å². The Bertz CT molecular complexity index is 1190. The molecule has 13 nitrogen and oxygen atoms in total. The number of methoxy groups -OCH3 is 2. The van der Waals surface area contributed by atoms with E-state index in [0.29, 0.717) is 5.56 Å². The third kappa shape index (κ3) is 5.45. The van der Waals surface area contributed by atoms with Gasteiger partial charge in [0.1, 0.15) is 5.75 Å². The minimum absolute atomic E-state index is 0.0488. The van der Waals surface area contributed by atoms with Crippen molar-refractivity contribution in [3.05, 3.63) is 74.3 Å². The van der Waals surface area contributed by atoms with Gasteiger partial charge in [0.25, 0.3) is 0 Å². The van der Waals surface area contributed by atoms with Gasteiger partial charge in [0, 0.05) is 24.3 Å². The molecule has 2 aromatic heterocycles. The molecule has 0 amide bonds. The predicted molar refractivity (Wildman–Crippen MR) is 119 cm³/mol. The monoisotopic (exact) mass is 471 g/mol. The Labute approximate surface area is 193 Å². The second-order valence-electron chi connectivity index (χ2n) is 6.96. The lowest BCUT2D eigenvalue weighted by Crippen LogP contribution is -2.25. The Balaban J connectivity index is 1.77. The van der Waals surface area contributed by atoms with Crippen molar-refractivity contribution in [1.29, 1.82) is 0 Å². The first kappa shape index (κ1) is 24.1. The lowest BCUT2D eigenvalue weighted by Gasteiger charge is -2.21. The zero-order chi connectivity index (χ0) is 24.8. The summed E-state index contributed by atoms with van der Waals surface area (Å²) in [5.74, 6) is 0.270. The number of benzene rings is 1. The van der Waals surface area contributed by atoms with Crippen LogP contribution < -0.4 is 19.5 Å². The number of anilines is 1. The molecule has 3 rings (SSSR count). The number of aliphatic hydroxyl groups excluding tert-OH is 1. The van der Waals surface area contributed by atoms with Crippen molar-refractivity contribution < 1.29 is 29.2 Å². The second-order valence-corrected chi connectivity index (χ2v) is 6.96. The Morgan fingerprint density at radius 2 is 1.44 bits per heavy atom. The van der Waals surface area contributed by atoms with E-state index in [2.05, 4.69) is 15.3 Å². The van der Waals surface area contributed by atoms with Crippen molar-refractivity contribution in [1.82, 2.24) is 9.97 Å². The molecular weight excluding hydrogens is 450 g/mol. The fourth-order valence-electron chi connectivity index (χ4n) is 2.97. The van der Waals surface area contributed by atoms with E-state index in [4.69, 9.17) is 14.2 Å². The van der Waals surface area contributed by atoms with E-state index in [0.717, 1.165) is 0 Å². The molecule has 2 N–H and O–H groups in total. The number of nitrogens with one attached hydrogen (secondary N) is 1. The van der Waals surface area contributed by atoms with Crippen LogP contribution in [-0.4, -0.2) is 45.2 Å². The van der Waals surface area contributed by atoms with Gasteiger partial charge in [-0.25, -0.2) is 0 Å². The average Bonchev–Trinajstić information content (AvgIpc) is 2.83. The minimum Gasteiger partial charge on any atom is -0.481 e. The molecule has 2 unspecified atom stereocenters. The van der Waals surface area contributed by atoms with Crippen LogP contribution >= 0.6 is 0 Å². The molecule has 0 radical (unpaired) electrons. The molecule has 2 atom stereocenters. The molecule has 0 saturated carbocycles. The third-order valence-corrected chi connectivity index (χ3v) is 4.75. The van der Waals surface area contributed by atoms with E-state index in [1.165, 1.54) is 50.6 Å². The quantitative estimate of drug-likeness (QED) is 0.326. The topological polar surface area (TPSA) is 172 Å². The number of aromatic nitrogens is 2. The summed E-state index contributed by atoms with van der Waals surface area (Å²) in [4.78, 5) is 29.3. The van der Waals surface area contributed by atoms with Crippen LogP contribution in [0.4, 0.5) is 17.2 Å². The summed E-state index contributed by atoms with van der Waals surface area (Å²) in [5.41, 5.74) is -0.142. The standard InChI is InChI=1S/C21H21N5O8/c1-12(22-20-15(25(28)29)8-10-17(23-20)32-2)19(27)13-4-6-14(7-5-13)34-21-16(26(30)31)9-11-18(24-21)33-3/h4-12,19,27H,1-3H3,(H,22,23). The maximum absolute atomic E-state index is 11.3. The van der Waals surface area contributed by atoms with Gasteiger partial charge in [0.05, 0.1) is 36.2 Å². The lowest BCUT2D eigenvalue weighted by atomic mass is 10.0. The molecule has 178 valence electrons. The zero-order valence-corrected chi connectivity index (χ0v) is 18.4. The number of nitro groups is 2. The molecule has 0 aliphatic carbocycles. The molecule has 0 bridgehead atoms. The van der Waals surface area contributed by atoms with Crippen LogP contribution in [0.15, 0.2) is 48.5 Å². The van der Waals surface area contributed by atoms with Gasteiger partial charge in [-0.15, -0.1) is 0 Å². The summed E-state index contributed by atoms with van der Waals surface area (Å²) in [6, 6.07) is 10.6. The highest BCUT2D eigenvalue weighted by Gasteiger charge is 2.23. The van der Waals surface area contributed by atoms with Gasteiger partial charge in [-0.3, -0.25) is 20.2 Å². The Morgan fingerprint density at radius 3 is 2.00 bits per heavy atom. The van der Waals surface area contributed by atoms with Crippen LogP contribution in [0.2, 0.25) is 0 Å². The fourth-order valence-corrected chi connectivity index (χ4v) is 2.97. The Kier molecular flexibility index (Phi) is 7.38. The largest absolute Gasteiger partial charge is 0.481 e. The minimum atomic E-state index is -1.08. The highest BCUT2D eigenvalue weighted by Crippen LogP contribution is 2.33. The normalized spacial score (nSPS) is 12.4. The summed E-state index contributed by atoms with van der Waals surface area (Å²) in [6.45, 7) is 1.63. The van der Waals surface area contributed by atoms with Crippen LogP contribution in [0.1, 0.15) is 18.6 Å². The molecule has 3 aromatic rings. The van der Waals surface area contributed by atoms with Crippen LogP contribution in [0.3, 0.4) is 0 Å². The Hall–Kier alpha value is -4.52. The van der Waals surface area contributed by atoms with E-state index in [-0.39, 0.29) is 40.6 Å². The van der Waals surface area contributed by atoms with Gasteiger partial charge < -0.3 is 24.6 Å². The van der Waals surface area contributed by atoms with Crippen molar-refractivity contribution >= 4 is 17.2 Å². The molecule has 1 aromatic carbocycles. The molecule has 0 aliphatic heterocycles. The Morgan fingerprint density at radius 1 is 0.882 bits per heavy atom. The molecule has 0 fully saturated rings. The van der Waals surface area contributed by atoms with Gasteiger partial charge in [-0.05, 0) is 24.6 Å². The summed E-state index contributed by atoms with van der Waals surface area (Å²) in [6.07, 6.45) is -1.08. The van der Waals surface area contributed by atoms with Gasteiger partial charge in [-0.1, -0.05) is 12.1 Å². The van der Waals surface area contributed by atoms with Crippen molar-refractivity contribution in [3.8, 4) is 23.4 Å². The smallest absolute Gasteiger partial charge is 0.331 e. The fraction of sp³-hybridized carbons (Fsp3) is 0.238. The first-order valence-electron chi connectivity index (χ1n) is 9.84. The second kappa shape index (κ2) is 10.4. The number of ether oxygens (including phenoxy) is 3. The zero-order valence-electron chi connectivity index (χ0n) is 18.4. The number of nitrogens with zero attached hydrogens (tertiary/aromatic N) is 4. The molecule has 0 saturated heterocycles. The number of hydrogen-bond acceptors (Lipinski definition) is 11. The number of aliphatic hydroxyl groups is 1. The van der Waals surface area contributed by atoms with E-state index < -0.39 is 22.0 Å². The van der Waals surface area contributed by atoms with Crippen LogP contribution in [-0.2, 0) is 0 Å². The first-order valence-corrected chi connectivity index (χ1v) is 9.84. The number of hydrogen-bond donors (Lipinski definition) is 2. The van der Waals surface area contributed by atoms with Crippen molar-refractivity contribution in [2.24, 2.45) is 0 Å². The van der Waals surface area contributed by atoms with Gasteiger partial charge in [0.15, 0.2) is 0 Å². The lowest BCUT2D eigenvalue weighted by molar-refractivity contribution is -0.386. The van der Waals surface area contributed by atoms with Crippen molar-refractivity contribution in [2.75, 3.05) is 19.5 Å². The molecular formula is C21H21N5O8. The molecule has 2 heterocycles. The first-order chi connectivity index (χ1) is 16.2. The van der Waals surface area contributed by atoms with Crippen LogP contribution in [0.5, 0.6) is 23.4 Å². The van der Waals surface area contributed by atoms with Crippen LogP contribution in [0, 0.1) is 20.2 Å². The van der Waals surface area contributed by atoms with Crippen molar-refractivity contribution in [3.63, 3.8) is 0 Å². The molecule has 0 spiro atoms. The number of rotatable bonds is 10. The summed E-state index contributed by atoms with van der Waals surface area (Å²) in [7, 11) is 2.76. The maximum Gasteiger partial charge on any atom is 0.331 e. The van der Waals surface area contributed by atoms with Crippen LogP contribution in [0.25, 0.3) is 0 Å². The summed E-state index contributed by atoms with van der Waals surface area (Å²) < 4.78 is 15.5. The average molecular weight is 471 g/mol. The van der Waals surface area contributed by atoms with Gasteiger partial charge in [0.2, 0.25) is 17.6 Å². The van der Waals surface area contributed by atoms with E-state index in [1.54, 1.807) is 19.1 Å². The highest BCUT2D eigenvalue weighted by atomic mass is 16.6. The van der Waals surface area contributed by atoms with E-state index in [9.17, 15) is 25.3 Å². The molecule has 34 heavy (non-hydrogen) atoms. The van der Waals surface area contributed by atoms with E-state index in [1.807, 2.05) is 0 Å². The molecule has 0 aliphatic rings.